The molecule has 4 heterocycles. The highest BCUT2D eigenvalue weighted by molar-refractivity contribution is 6.00. The monoisotopic (exact) mass is 459 g/mol. The number of hydrogen-bond acceptors (Lipinski definition) is 5. The van der Waals surface area contributed by atoms with Gasteiger partial charge in [-0.25, -0.2) is 0 Å². The quantitative estimate of drug-likeness (QED) is 0.627. The molecule has 0 aromatic heterocycles. The van der Waals surface area contributed by atoms with Crippen molar-refractivity contribution in [1.82, 2.24) is 14.7 Å². The third kappa shape index (κ3) is 3.53. The maximum absolute atomic E-state index is 14.0. The highest BCUT2D eigenvalue weighted by Crippen LogP contribution is 2.54. The van der Waals surface area contributed by atoms with Crippen LogP contribution >= 0.6 is 0 Å². The van der Waals surface area contributed by atoms with E-state index in [1.165, 1.54) is 4.90 Å². The molecule has 0 aliphatic carbocycles. The fourth-order valence-electron chi connectivity index (χ4n) is 6.01. The largest absolute Gasteiger partial charge is 0.394 e. The van der Waals surface area contributed by atoms with Crippen molar-refractivity contribution in [2.45, 2.75) is 76.8 Å². The Morgan fingerprint density at radius 2 is 1.85 bits per heavy atom. The third-order valence-electron chi connectivity index (χ3n) is 7.56. The summed E-state index contributed by atoms with van der Waals surface area (Å²) in [6.45, 7) is 11.0. The van der Waals surface area contributed by atoms with Crippen molar-refractivity contribution in [2.75, 3.05) is 26.2 Å². The van der Waals surface area contributed by atoms with Crippen LogP contribution < -0.4 is 0 Å². The van der Waals surface area contributed by atoms with Crippen LogP contribution in [0.4, 0.5) is 0 Å². The Balaban J connectivity index is 1.86. The van der Waals surface area contributed by atoms with Gasteiger partial charge in [-0.15, -0.1) is 0 Å². The molecule has 8 nitrogen and oxygen atoms in total. The fraction of sp³-hybridized carbons (Fsp3) is 0.720. The molecule has 0 bridgehead atoms. The van der Waals surface area contributed by atoms with Gasteiger partial charge in [0.15, 0.2) is 0 Å². The van der Waals surface area contributed by atoms with E-state index < -0.39 is 41.2 Å². The number of hydrogen-bond donors (Lipinski definition) is 1. The van der Waals surface area contributed by atoms with E-state index >= 15 is 0 Å². The number of fused-ring (bicyclic) bond motifs is 2. The van der Waals surface area contributed by atoms with Gasteiger partial charge in [0.05, 0.1) is 30.6 Å². The molecule has 182 valence electrons. The topological polar surface area (TPSA) is 90.4 Å². The molecule has 4 aliphatic heterocycles. The molecule has 1 spiro atoms. The molecule has 0 saturated carbocycles. The minimum absolute atomic E-state index is 0.0995. The van der Waals surface area contributed by atoms with Gasteiger partial charge in [-0.3, -0.25) is 14.4 Å². The zero-order chi connectivity index (χ0) is 24.1. The van der Waals surface area contributed by atoms with Gasteiger partial charge in [0.25, 0.3) is 0 Å². The smallest absolute Gasteiger partial charge is 0.249 e. The van der Waals surface area contributed by atoms with Crippen molar-refractivity contribution in [3.63, 3.8) is 0 Å². The first-order valence-corrected chi connectivity index (χ1v) is 12.2. The number of carbonyl (C=O) groups is 3. The summed E-state index contributed by atoms with van der Waals surface area (Å²) in [5.41, 5.74) is -1.70. The Labute approximate surface area is 196 Å². The van der Waals surface area contributed by atoms with Gasteiger partial charge in [-0.2, -0.15) is 0 Å². The van der Waals surface area contributed by atoms with Gasteiger partial charge in [-0.1, -0.05) is 38.2 Å². The summed E-state index contributed by atoms with van der Waals surface area (Å²) in [6.07, 6.45) is 8.32. The Morgan fingerprint density at radius 1 is 1.12 bits per heavy atom. The minimum Gasteiger partial charge on any atom is -0.394 e. The van der Waals surface area contributed by atoms with Crippen molar-refractivity contribution in [2.24, 2.45) is 11.8 Å². The first-order chi connectivity index (χ1) is 15.6. The molecule has 4 rings (SSSR count). The van der Waals surface area contributed by atoms with Crippen LogP contribution in [0.5, 0.6) is 0 Å². The second kappa shape index (κ2) is 8.55. The summed E-state index contributed by atoms with van der Waals surface area (Å²) >= 11 is 0. The van der Waals surface area contributed by atoms with Gasteiger partial charge in [-0.05, 0) is 33.6 Å². The Bertz CT molecular complexity index is 874. The molecule has 3 amide bonds. The first-order valence-electron chi connectivity index (χ1n) is 12.2. The molecule has 8 heteroatoms. The van der Waals surface area contributed by atoms with Crippen molar-refractivity contribution in [1.29, 1.82) is 0 Å². The summed E-state index contributed by atoms with van der Waals surface area (Å²) in [5.74, 6) is -2.07. The SMILES string of the molecule is CCCN1CC=C[C@@H]2O[C@]34C=CCN(C(C)(C)C)C(=O)C3N([C@@H](CC)CO)C(=O)[C@@H]4[C@@H]2C1=O. The van der Waals surface area contributed by atoms with E-state index in [1.54, 1.807) is 9.80 Å². The predicted molar refractivity (Wildman–Crippen MR) is 123 cm³/mol. The third-order valence-corrected chi connectivity index (χ3v) is 7.56. The number of aliphatic hydroxyl groups excluding tert-OH is 1. The number of aliphatic hydroxyl groups is 1. The summed E-state index contributed by atoms with van der Waals surface area (Å²) < 4.78 is 6.60. The fourth-order valence-corrected chi connectivity index (χ4v) is 6.01. The standard InChI is InChI=1S/C25H37N3O5/c1-6-12-26-13-8-10-17-18(21(26)30)19-22(31)28(16(7-2)15-29)20-23(32)27(24(3,4)5)14-9-11-25(19,20)33-17/h8-11,16-20,29H,6-7,12-15H2,1-5H3/t16-,17-,18+,19-,20?,25-/m0/s1. The van der Waals surface area contributed by atoms with Crippen molar-refractivity contribution >= 4 is 17.7 Å². The second-order valence-corrected chi connectivity index (χ2v) is 10.6. The molecular weight excluding hydrogens is 422 g/mol. The second-order valence-electron chi connectivity index (χ2n) is 10.6. The molecule has 4 aliphatic rings. The zero-order valence-electron chi connectivity index (χ0n) is 20.4. The van der Waals surface area contributed by atoms with E-state index in [-0.39, 0.29) is 24.3 Å². The molecule has 1 unspecified atom stereocenters. The van der Waals surface area contributed by atoms with E-state index in [9.17, 15) is 19.5 Å². The maximum atomic E-state index is 14.0. The van der Waals surface area contributed by atoms with Gasteiger partial charge in [0, 0.05) is 25.2 Å². The molecule has 0 radical (unpaired) electrons. The average Bonchev–Trinajstić information content (AvgIpc) is 3.07. The molecule has 0 aromatic carbocycles. The minimum atomic E-state index is -1.23. The molecule has 33 heavy (non-hydrogen) atoms. The van der Waals surface area contributed by atoms with Gasteiger partial charge >= 0.3 is 0 Å². The van der Waals surface area contributed by atoms with Crippen LogP contribution in [0.2, 0.25) is 0 Å². The van der Waals surface area contributed by atoms with Crippen LogP contribution in [0.15, 0.2) is 24.3 Å². The maximum Gasteiger partial charge on any atom is 0.249 e. The predicted octanol–water partition coefficient (Wildman–Crippen LogP) is 1.34. The molecule has 0 aromatic rings. The lowest BCUT2D eigenvalue weighted by molar-refractivity contribution is -0.154. The van der Waals surface area contributed by atoms with Crippen LogP contribution in [0, 0.1) is 11.8 Å². The lowest BCUT2D eigenvalue weighted by atomic mass is 9.77. The molecule has 6 atom stereocenters. The molecule has 1 N–H and O–H groups in total. The molecular formula is C25H37N3O5. The number of rotatable bonds is 5. The zero-order valence-corrected chi connectivity index (χ0v) is 20.4. The van der Waals surface area contributed by atoms with E-state index in [0.717, 1.165) is 6.42 Å². The number of ether oxygens (including phenoxy) is 1. The van der Waals surface area contributed by atoms with Gasteiger partial charge in [0.1, 0.15) is 11.6 Å². The molecule has 2 fully saturated rings. The lowest BCUT2D eigenvalue weighted by Gasteiger charge is -2.42. The highest BCUT2D eigenvalue weighted by atomic mass is 16.5. The number of likely N-dealkylation sites (tertiary alicyclic amines) is 1. The van der Waals surface area contributed by atoms with Gasteiger partial charge in [0.2, 0.25) is 17.7 Å². The highest BCUT2D eigenvalue weighted by Gasteiger charge is 2.72. The Morgan fingerprint density at radius 3 is 2.45 bits per heavy atom. The van der Waals surface area contributed by atoms with Crippen molar-refractivity contribution in [3.8, 4) is 0 Å². The van der Waals surface area contributed by atoms with Crippen molar-refractivity contribution in [3.05, 3.63) is 24.3 Å². The van der Waals surface area contributed by atoms with Crippen molar-refractivity contribution < 1.29 is 24.2 Å². The number of carbonyl (C=O) groups excluding carboxylic acids is 3. The van der Waals surface area contributed by atoms with Crippen LogP contribution in [0.1, 0.15) is 47.5 Å². The Hall–Kier alpha value is -2.19. The van der Waals surface area contributed by atoms with Crippen LogP contribution in [0.3, 0.4) is 0 Å². The van der Waals surface area contributed by atoms with Crippen LogP contribution in [-0.4, -0.2) is 93.1 Å². The summed E-state index contributed by atoms with van der Waals surface area (Å²) in [7, 11) is 0. The van der Waals surface area contributed by atoms with E-state index in [0.29, 0.717) is 26.1 Å². The number of nitrogens with zero attached hydrogens (tertiary/aromatic N) is 3. The first kappa shape index (κ1) is 24.0. The normalized spacial score (nSPS) is 34.8. The van der Waals surface area contributed by atoms with Crippen LogP contribution in [0.25, 0.3) is 0 Å². The van der Waals surface area contributed by atoms with Crippen LogP contribution in [-0.2, 0) is 19.1 Å². The summed E-state index contributed by atoms with van der Waals surface area (Å²) in [5, 5.41) is 10.1. The summed E-state index contributed by atoms with van der Waals surface area (Å²) in [4.78, 5) is 46.8. The Kier molecular flexibility index (Phi) is 6.20. The van der Waals surface area contributed by atoms with E-state index in [2.05, 4.69) is 0 Å². The van der Waals surface area contributed by atoms with Gasteiger partial charge < -0.3 is 24.5 Å². The average molecular weight is 460 g/mol. The molecule has 2 saturated heterocycles. The number of amides is 3. The van der Waals surface area contributed by atoms with E-state index in [4.69, 9.17) is 4.74 Å². The lowest BCUT2D eigenvalue weighted by Crippen LogP contribution is -2.60. The summed E-state index contributed by atoms with van der Waals surface area (Å²) in [6, 6.07) is -1.44. The van der Waals surface area contributed by atoms with E-state index in [1.807, 2.05) is 58.9 Å².